The lowest BCUT2D eigenvalue weighted by atomic mass is 10.2. The van der Waals surface area contributed by atoms with Crippen molar-refractivity contribution in [3.8, 4) is 11.5 Å². The molecule has 9 heteroatoms. The Bertz CT molecular complexity index is 854. The van der Waals surface area contributed by atoms with Crippen LogP contribution in [0.5, 0.6) is 11.5 Å². The number of nitro benzene ring substituents is 1. The second-order valence-corrected chi connectivity index (χ2v) is 5.58. The molecule has 26 heavy (non-hydrogen) atoms. The molecule has 2 aromatic carbocycles. The normalized spacial score (nSPS) is 10.6. The quantitative estimate of drug-likeness (QED) is 0.453. The molecule has 2 rings (SSSR count). The second kappa shape index (κ2) is 8.82. The van der Waals surface area contributed by atoms with E-state index in [4.69, 9.17) is 21.1 Å². The molecule has 0 spiro atoms. The number of ether oxygens (including phenoxy) is 2. The summed E-state index contributed by atoms with van der Waals surface area (Å²) in [4.78, 5) is 22.4. The van der Waals surface area contributed by atoms with Gasteiger partial charge in [0.05, 0.1) is 23.8 Å². The molecule has 0 saturated carbocycles. The Morgan fingerprint density at radius 2 is 2.12 bits per heavy atom. The zero-order valence-corrected chi connectivity index (χ0v) is 14.8. The Kier molecular flexibility index (Phi) is 6.51. The van der Waals surface area contributed by atoms with E-state index in [2.05, 4.69) is 10.5 Å². The number of nitro groups is 1. The van der Waals surface area contributed by atoms with Crippen molar-refractivity contribution in [3.63, 3.8) is 0 Å². The number of methoxy groups -OCH3 is 1. The van der Waals surface area contributed by atoms with Crippen molar-refractivity contribution in [2.75, 3.05) is 13.7 Å². The zero-order chi connectivity index (χ0) is 19.1. The molecule has 0 unspecified atom stereocenters. The molecule has 0 aromatic heterocycles. The first-order valence-electron chi connectivity index (χ1n) is 7.44. The van der Waals surface area contributed by atoms with Gasteiger partial charge in [-0.15, -0.1) is 0 Å². The molecule has 0 atom stereocenters. The van der Waals surface area contributed by atoms with Crippen molar-refractivity contribution < 1.29 is 19.2 Å². The highest BCUT2D eigenvalue weighted by Crippen LogP contribution is 2.29. The number of amides is 1. The number of aryl methyl sites for hydroxylation is 1. The summed E-state index contributed by atoms with van der Waals surface area (Å²) in [7, 11) is 1.33. The largest absolute Gasteiger partial charge is 0.490 e. The fourth-order valence-electron chi connectivity index (χ4n) is 2.13. The number of carbonyl (C=O) groups excluding carboxylic acids is 1. The lowest BCUT2D eigenvalue weighted by Gasteiger charge is -2.08. The number of benzene rings is 2. The molecule has 2 aromatic rings. The Balaban J connectivity index is 1.98. The van der Waals surface area contributed by atoms with Gasteiger partial charge in [-0.1, -0.05) is 17.7 Å². The van der Waals surface area contributed by atoms with Crippen LogP contribution in [-0.4, -0.2) is 30.8 Å². The van der Waals surface area contributed by atoms with Crippen LogP contribution in [0.1, 0.15) is 11.1 Å². The average molecular weight is 378 g/mol. The Hall–Kier alpha value is -3.13. The lowest BCUT2D eigenvalue weighted by molar-refractivity contribution is -0.385. The van der Waals surface area contributed by atoms with Gasteiger partial charge in [0.1, 0.15) is 5.75 Å². The number of rotatable bonds is 7. The third kappa shape index (κ3) is 4.93. The van der Waals surface area contributed by atoms with E-state index in [-0.39, 0.29) is 23.6 Å². The summed E-state index contributed by atoms with van der Waals surface area (Å²) >= 11 is 5.85. The fraction of sp³-hybridized carbons (Fsp3) is 0.176. The maximum absolute atomic E-state index is 11.8. The van der Waals surface area contributed by atoms with Gasteiger partial charge in [0, 0.05) is 5.02 Å². The van der Waals surface area contributed by atoms with Crippen LogP contribution in [0.25, 0.3) is 0 Å². The molecule has 8 nitrogen and oxygen atoms in total. The minimum atomic E-state index is -0.575. The van der Waals surface area contributed by atoms with Gasteiger partial charge in [-0.3, -0.25) is 14.9 Å². The highest BCUT2D eigenvalue weighted by Gasteiger charge is 2.19. The van der Waals surface area contributed by atoms with E-state index in [1.54, 1.807) is 31.2 Å². The average Bonchev–Trinajstić information content (AvgIpc) is 2.60. The smallest absolute Gasteiger partial charge is 0.319 e. The zero-order valence-electron chi connectivity index (χ0n) is 14.1. The third-order valence-corrected chi connectivity index (χ3v) is 3.56. The van der Waals surface area contributed by atoms with Crippen LogP contribution >= 0.6 is 11.6 Å². The Morgan fingerprint density at radius 1 is 1.35 bits per heavy atom. The van der Waals surface area contributed by atoms with Crippen LogP contribution in [0, 0.1) is 17.0 Å². The highest BCUT2D eigenvalue weighted by molar-refractivity contribution is 6.30. The number of hydrogen-bond acceptors (Lipinski definition) is 6. The Labute approximate surface area is 154 Å². The van der Waals surface area contributed by atoms with Crippen molar-refractivity contribution in [3.05, 3.63) is 62.7 Å². The van der Waals surface area contributed by atoms with Crippen LogP contribution < -0.4 is 14.9 Å². The van der Waals surface area contributed by atoms with Gasteiger partial charge < -0.3 is 9.47 Å². The van der Waals surface area contributed by atoms with Gasteiger partial charge in [-0.05, 0) is 42.8 Å². The van der Waals surface area contributed by atoms with Gasteiger partial charge in [-0.2, -0.15) is 5.10 Å². The molecular weight excluding hydrogens is 362 g/mol. The molecule has 0 radical (unpaired) electrons. The predicted molar refractivity (Wildman–Crippen MR) is 97.1 cm³/mol. The summed E-state index contributed by atoms with van der Waals surface area (Å²) in [5, 5.41) is 15.5. The minimum Gasteiger partial charge on any atom is -0.490 e. The molecular formula is C17H16ClN3O5. The summed E-state index contributed by atoms with van der Waals surface area (Å²) in [5.74, 6) is 0.116. The number of hydrogen-bond donors (Lipinski definition) is 1. The molecule has 1 amide bonds. The monoisotopic (exact) mass is 377 g/mol. The van der Waals surface area contributed by atoms with Crippen LogP contribution in [0.15, 0.2) is 41.5 Å². The number of carbonyl (C=O) groups is 1. The van der Waals surface area contributed by atoms with Gasteiger partial charge in [0.2, 0.25) is 0 Å². The summed E-state index contributed by atoms with van der Waals surface area (Å²) in [6.45, 7) is 1.54. The molecule has 136 valence electrons. The molecule has 0 fully saturated rings. The Morgan fingerprint density at radius 3 is 2.77 bits per heavy atom. The first-order chi connectivity index (χ1) is 12.4. The first kappa shape index (κ1) is 19.2. The minimum absolute atomic E-state index is 0.104. The molecule has 0 heterocycles. The summed E-state index contributed by atoms with van der Waals surface area (Å²) in [6, 6.07) is 9.58. The number of para-hydroxylation sites is 1. The SMILES string of the molecule is COc1cccc(C=NNC(=O)COc2ccc(Cl)cc2C)c1[N+](=O)[O-]. The van der Waals surface area contributed by atoms with Gasteiger partial charge in [0.25, 0.3) is 5.91 Å². The maximum atomic E-state index is 11.8. The van der Waals surface area contributed by atoms with Gasteiger partial charge in [-0.25, -0.2) is 5.43 Å². The second-order valence-electron chi connectivity index (χ2n) is 5.15. The molecule has 0 aliphatic heterocycles. The van der Waals surface area contributed by atoms with E-state index in [1.807, 2.05) is 0 Å². The van der Waals surface area contributed by atoms with Crippen LogP contribution in [0.3, 0.4) is 0 Å². The topological polar surface area (TPSA) is 103 Å². The predicted octanol–water partition coefficient (Wildman–Crippen LogP) is 3.09. The van der Waals surface area contributed by atoms with Crippen molar-refractivity contribution in [1.29, 1.82) is 0 Å². The van der Waals surface area contributed by atoms with Crippen LogP contribution in [0.4, 0.5) is 5.69 Å². The summed E-state index contributed by atoms with van der Waals surface area (Å²) in [6.07, 6.45) is 1.17. The highest BCUT2D eigenvalue weighted by atomic mass is 35.5. The van der Waals surface area contributed by atoms with Gasteiger partial charge in [0.15, 0.2) is 12.4 Å². The number of hydrazone groups is 1. The van der Waals surface area contributed by atoms with E-state index >= 15 is 0 Å². The standard InChI is InChI=1S/C17H16ClN3O5/c1-11-8-13(18)6-7-14(11)26-10-16(22)20-19-9-12-4-3-5-15(25-2)17(12)21(23)24/h3-9H,10H2,1-2H3,(H,20,22). The van der Waals surface area contributed by atoms with Gasteiger partial charge >= 0.3 is 5.69 Å². The van der Waals surface area contributed by atoms with Crippen molar-refractivity contribution in [2.24, 2.45) is 5.10 Å². The first-order valence-corrected chi connectivity index (χ1v) is 7.82. The molecule has 1 N–H and O–H groups in total. The van der Waals surface area contributed by atoms with E-state index < -0.39 is 10.8 Å². The number of nitrogens with zero attached hydrogens (tertiary/aromatic N) is 2. The van der Waals surface area contributed by atoms with E-state index in [0.717, 1.165) is 5.56 Å². The maximum Gasteiger partial charge on any atom is 0.319 e. The summed E-state index contributed by atoms with van der Waals surface area (Å²) < 4.78 is 10.3. The summed E-state index contributed by atoms with van der Waals surface area (Å²) in [5.41, 5.74) is 3.01. The van der Waals surface area contributed by atoms with Crippen LogP contribution in [-0.2, 0) is 4.79 Å². The lowest BCUT2D eigenvalue weighted by Crippen LogP contribution is -2.24. The van der Waals surface area contributed by atoms with E-state index in [0.29, 0.717) is 10.8 Å². The molecule has 0 saturated heterocycles. The van der Waals surface area contributed by atoms with Crippen molar-refractivity contribution in [1.82, 2.24) is 5.43 Å². The number of nitrogens with one attached hydrogen (secondary N) is 1. The van der Waals surface area contributed by atoms with Crippen LogP contribution in [0.2, 0.25) is 5.02 Å². The van der Waals surface area contributed by atoms with Crippen molar-refractivity contribution >= 4 is 29.4 Å². The molecule has 0 aliphatic carbocycles. The molecule has 0 aliphatic rings. The van der Waals surface area contributed by atoms with Crippen molar-refractivity contribution in [2.45, 2.75) is 6.92 Å². The molecule has 0 bridgehead atoms. The third-order valence-electron chi connectivity index (χ3n) is 3.32. The van der Waals surface area contributed by atoms with E-state index in [1.165, 1.54) is 25.5 Å². The fourth-order valence-corrected chi connectivity index (χ4v) is 2.35. The van der Waals surface area contributed by atoms with E-state index in [9.17, 15) is 14.9 Å². The number of halogens is 1.